The number of aromatic amines is 1. The first kappa shape index (κ1) is 25.5. The maximum absolute atomic E-state index is 13.2. The molecule has 1 aromatic carbocycles. The Bertz CT molecular complexity index is 1020. The fourth-order valence-corrected chi connectivity index (χ4v) is 4.24. The molecule has 0 aliphatic carbocycles. The predicted octanol–water partition coefficient (Wildman–Crippen LogP) is 1.30. The first-order chi connectivity index (χ1) is 16.2. The Balaban J connectivity index is 1.75. The molecule has 2 heterocycles. The number of aromatic nitrogens is 1. The number of fused-ring (bicyclic) bond motifs is 1. The van der Waals surface area contributed by atoms with Gasteiger partial charge in [-0.25, -0.2) is 0 Å². The van der Waals surface area contributed by atoms with E-state index in [1.54, 1.807) is 19.2 Å². The molecule has 0 spiro atoms. The monoisotopic (exact) mass is 474 g/mol. The van der Waals surface area contributed by atoms with E-state index in [1.807, 2.05) is 26.0 Å². The van der Waals surface area contributed by atoms with Gasteiger partial charge in [-0.3, -0.25) is 14.4 Å². The summed E-state index contributed by atoms with van der Waals surface area (Å²) in [4.78, 5) is 41.3. The van der Waals surface area contributed by atoms with Crippen LogP contribution in [0, 0.1) is 11.8 Å². The average Bonchev–Trinajstić information content (AvgIpc) is 3.43. The number of aliphatic hydroxyl groups excluding tert-OH is 1. The molecule has 1 aliphatic rings. The van der Waals surface area contributed by atoms with E-state index in [4.69, 9.17) is 9.47 Å². The fraction of sp³-hybridized carbons (Fsp3) is 0.542. The van der Waals surface area contributed by atoms with Crippen LogP contribution in [0.25, 0.3) is 10.9 Å². The first-order valence-electron chi connectivity index (χ1n) is 11.5. The summed E-state index contributed by atoms with van der Waals surface area (Å²) in [5, 5.41) is 19.4. The SMILES string of the molecule is COc1cccc2[nH]c(C(=O)N[C@@H](CC(C)C)C(=O)N[C@@H](C[C@@H]3CCNC3=O)C(O)OC)cc12. The van der Waals surface area contributed by atoms with Crippen molar-refractivity contribution in [1.82, 2.24) is 20.9 Å². The molecule has 1 aliphatic heterocycles. The minimum absolute atomic E-state index is 0.108. The summed E-state index contributed by atoms with van der Waals surface area (Å²) in [7, 11) is 2.89. The van der Waals surface area contributed by atoms with Gasteiger partial charge < -0.3 is 35.5 Å². The highest BCUT2D eigenvalue weighted by Gasteiger charge is 2.33. The van der Waals surface area contributed by atoms with Gasteiger partial charge in [-0.05, 0) is 43.4 Å². The van der Waals surface area contributed by atoms with Crippen molar-refractivity contribution in [2.24, 2.45) is 11.8 Å². The Morgan fingerprint density at radius 2 is 2.00 bits per heavy atom. The topological polar surface area (TPSA) is 142 Å². The first-order valence-corrected chi connectivity index (χ1v) is 11.5. The number of methoxy groups -OCH3 is 2. The normalized spacial score (nSPS) is 18.4. The molecule has 1 unspecified atom stereocenters. The second kappa shape index (κ2) is 11.3. The van der Waals surface area contributed by atoms with E-state index < -0.39 is 30.2 Å². The van der Waals surface area contributed by atoms with Gasteiger partial charge in [0, 0.05) is 30.5 Å². The number of benzene rings is 1. The average molecular weight is 475 g/mol. The Morgan fingerprint density at radius 3 is 2.62 bits per heavy atom. The number of rotatable bonds is 11. The molecule has 186 valence electrons. The van der Waals surface area contributed by atoms with Crippen molar-refractivity contribution in [3.8, 4) is 5.75 Å². The third-order valence-electron chi connectivity index (χ3n) is 6.03. The highest BCUT2D eigenvalue weighted by molar-refractivity contribution is 6.01. The van der Waals surface area contributed by atoms with Crippen molar-refractivity contribution < 1.29 is 29.0 Å². The van der Waals surface area contributed by atoms with Gasteiger partial charge in [0.15, 0.2) is 6.29 Å². The van der Waals surface area contributed by atoms with Crippen LogP contribution < -0.4 is 20.7 Å². The number of nitrogens with one attached hydrogen (secondary N) is 4. The van der Waals surface area contributed by atoms with E-state index in [1.165, 1.54) is 7.11 Å². The number of H-pyrrole nitrogens is 1. The summed E-state index contributed by atoms with van der Waals surface area (Å²) in [5.41, 5.74) is 1.05. The van der Waals surface area contributed by atoms with Gasteiger partial charge in [0.2, 0.25) is 11.8 Å². The lowest BCUT2D eigenvalue weighted by Crippen LogP contribution is -2.54. The lowest BCUT2D eigenvalue weighted by atomic mass is 9.97. The van der Waals surface area contributed by atoms with Crippen molar-refractivity contribution in [3.63, 3.8) is 0 Å². The zero-order chi connectivity index (χ0) is 24.8. The zero-order valence-electron chi connectivity index (χ0n) is 20.0. The summed E-state index contributed by atoms with van der Waals surface area (Å²) >= 11 is 0. The summed E-state index contributed by atoms with van der Waals surface area (Å²) in [6, 6.07) is 5.51. The predicted molar refractivity (Wildman–Crippen MR) is 126 cm³/mol. The molecule has 4 atom stereocenters. The molecule has 10 heteroatoms. The Labute approximate surface area is 198 Å². The Kier molecular flexibility index (Phi) is 8.51. The van der Waals surface area contributed by atoms with Crippen LogP contribution >= 0.6 is 0 Å². The zero-order valence-corrected chi connectivity index (χ0v) is 20.0. The summed E-state index contributed by atoms with van der Waals surface area (Å²) in [6.45, 7) is 4.46. The van der Waals surface area contributed by atoms with Gasteiger partial charge >= 0.3 is 0 Å². The summed E-state index contributed by atoms with van der Waals surface area (Å²) < 4.78 is 10.4. The van der Waals surface area contributed by atoms with Gasteiger partial charge in [-0.1, -0.05) is 19.9 Å². The van der Waals surface area contributed by atoms with Crippen LogP contribution in [0.3, 0.4) is 0 Å². The van der Waals surface area contributed by atoms with Crippen molar-refractivity contribution in [2.75, 3.05) is 20.8 Å². The van der Waals surface area contributed by atoms with E-state index in [-0.39, 0.29) is 24.2 Å². The molecule has 3 amide bonds. The highest BCUT2D eigenvalue weighted by atomic mass is 16.6. The van der Waals surface area contributed by atoms with Crippen LogP contribution in [0.5, 0.6) is 5.75 Å². The van der Waals surface area contributed by atoms with Crippen molar-refractivity contribution in [1.29, 1.82) is 0 Å². The molecule has 3 rings (SSSR count). The van der Waals surface area contributed by atoms with Crippen molar-refractivity contribution in [2.45, 2.75) is 51.5 Å². The number of amides is 3. The number of hydrogen-bond donors (Lipinski definition) is 5. The van der Waals surface area contributed by atoms with Crippen LogP contribution in [-0.4, -0.2) is 67.0 Å². The molecule has 5 N–H and O–H groups in total. The van der Waals surface area contributed by atoms with Crippen LogP contribution in [0.4, 0.5) is 0 Å². The van der Waals surface area contributed by atoms with Crippen molar-refractivity contribution >= 4 is 28.6 Å². The molecular weight excluding hydrogens is 440 g/mol. The van der Waals surface area contributed by atoms with Gasteiger partial charge in [-0.15, -0.1) is 0 Å². The highest BCUT2D eigenvalue weighted by Crippen LogP contribution is 2.26. The molecular formula is C24H34N4O6. The lowest BCUT2D eigenvalue weighted by molar-refractivity contribution is -0.135. The molecule has 1 saturated heterocycles. The van der Waals surface area contributed by atoms with Gasteiger partial charge in [0.1, 0.15) is 17.5 Å². The molecule has 10 nitrogen and oxygen atoms in total. The van der Waals surface area contributed by atoms with Crippen LogP contribution in [0.1, 0.15) is 43.6 Å². The van der Waals surface area contributed by atoms with E-state index >= 15 is 0 Å². The molecule has 0 radical (unpaired) electrons. The van der Waals surface area contributed by atoms with E-state index in [2.05, 4.69) is 20.9 Å². The Hall–Kier alpha value is -3.11. The number of ether oxygens (including phenoxy) is 2. The number of aliphatic hydroxyl groups is 1. The van der Waals surface area contributed by atoms with Crippen LogP contribution in [0.2, 0.25) is 0 Å². The standard InChI is InChI=1S/C24H34N4O6/c1-13(2)10-17(22(30)28-19(24(32)34-4)11-14-8-9-25-21(14)29)27-23(31)18-12-15-16(26-18)6-5-7-20(15)33-3/h5-7,12-14,17,19,24,26,32H,8-11H2,1-4H3,(H,25,29)(H,27,31)(H,28,30)/t14-,17-,19-,24?/m0/s1. The number of hydrogen-bond acceptors (Lipinski definition) is 6. The maximum atomic E-state index is 13.2. The molecule has 34 heavy (non-hydrogen) atoms. The lowest BCUT2D eigenvalue weighted by Gasteiger charge is -2.28. The molecule has 1 fully saturated rings. The van der Waals surface area contributed by atoms with Gasteiger partial charge in [0.25, 0.3) is 5.91 Å². The maximum Gasteiger partial charge on any atom is 0.268 e. The number of carbonyl (C=O) groups excluding carboxylic acids is 3. The van der Waals surface area contributed by atoms with Crippen molar-refractivity contribution in [3.05, 3.63) is 30.0 Å². The van der Waals surface area contributed by atoms with Gasteiger partial charge in [0.05, 0.1) is 13.2 Å². The smallest absolute Gasteiger partial charge is 0.268 e. The third kappa shape index (κ3) is 6.06. The summed E-state index contributed by atoms with van der Waals surface area (Å²) in [5.74, 6) is -0.561. The molecule has 2 aromatic rings. The quantitative estimate of drug-likeness (QED) is 0.311. The third-order valence-corrected chi connectivity index (χ3v) is 6.03. The molecule has 0 saturated carbocycles. The van der Waals surface area contributed by atoms with E-state index in [0.29, 0.717) is 30.8 Å². The second-order valence-corrected chi connectivity index (χ2v) is 9.01. The second-order valence-electron chi connectivity index (χ2n) is 9.01. The largest absolute Gasteiger partial charge is 0.496 e. The molecule has 1 aromatic heterocycles. The van der Waals surface area contributed by atoms with Crippen LogP contribution in [-0.2, 0) is 14.3 Å². The van der Waals surface area contributed by atoms with Crippen LogP contribution in [0.15, 0.2) is 24.3 Å². The number of carbonyl (C=O) groups is 3. The minimum atomic E-state index is -1.28. The van der Waals surface area contributed by atoms with Gasteiger partial charge in [-0.2, -0.15) is 0 Å². The minimum Gasteiger partial charge on any atom is -0.496 e. The van der Waals surface area contributed by atoms with E-state index in [0.717, 1.165) is 10.9 Å². The summed E-state index contributed by atoms with van der Waals surface area (Å²) in [6.07, 6.45) is -0.0382. The fourth-order valence-electron chi connectivity index (χ4n) is 4.24. The van der Waals surface area contributed by atoms with E-state index in [9.17, 15) is 19.5 Å². The molecule has 0 bridgehead atoms. The Morgan fingerprint density at radius 1 is 1.24 bits per heavy atom.